The van der Waals surface area contributed by atoms with Crippen molar-refractivity contribution in [3.8, 4) is 0 Å². The van der Waals surface area contributed by atoms with E-state index in [9.17, 15) is 19.5 Å². The number of hydrogen-bond acceptors (Lipinski definition) is 5. The van der Waals surface area contributed by atoms with Gasteiger partial charge in [0.05, 0.1) is 15.3 Å². The number of carboxylic acids is 1. The first kappa shape index (κ1) is 18.2. The van der Waals surface area contributed by atoms with E-state index in [4.69, 9.17) is 17.3 Å². The van der Waals surface area contributed by atoms with E-state index in [1.54, 1.807) is 19.2 Å². The molecule has 2 amide bonds. The molecule has 2 heterocycles. The van der Waals surface area contributed by atoms with Gasteiger partial charge in [-0.2, -0.15) is 0 Å². The Balaban J connectivity index is 2.55. The minimum absolute atomic E-state index is 0.269. The smallest absolute Gasteiger partial charge is 0.338 e. The van der Waals surface area contributed by atoms with Crippen molar-refractivity contribution in [1.29, 1.82) is 0 Å². The summed E-state index contributed by atoms with van der Waals surface area (Å²) >= 11 is 7.24. The zero-order chi connectivity index (χ0) is 18.2. The molecule has 0 fully saturated rings. The summed E-state index contributed by atoms with van der Waals surface area (Å²) in [5.74, 6) is -3.13. The number of rotatable bonds is 5. The van der Waals surface area contributed by atoms with Crippen molar-refractivity contribution < 1.29 is 19.5 Å². The van der Waals surface area contributed by atoms with Gasteiger partial charge in [0.15, 0.2) is 0 Å². The van der Waals surface area contributed by atoms with Gasteiger partial charge in [-0.1, -0.05) is 25.4 Å². The van der Waals surface area contributed by atoms with Crippen molar-refractivity contribution in [2.75, 3.05) is 0 Å². The highest BCUT2D eigenvalue weighted by atomic mass is 35.5. The molecule has 0 spiro atoms. The Morgan fingerprint density at radius 2 is 2.04 bits per heavy atom. The number of pyridine rings is 1. The van der Waals surface area contributed by atoms with Crippen LogP contribution >= 0.6 is 22.9 Å². The van der Waals surface area contributed by atoms with Crippen LogP contribution < -0.4 is 11.1 Å². The van der Waals surface area contributed by atoms with E-state index in [-0.39, 0.29) is 17.2 Å². The third kappa shape index (κ3) is 3.07. The largest absolute Gasteiger partial charge is 0.478 e. The van der Waals surface area contributed by atoms with Gasteiger partial charge >= 0.3 is 5.97 Å². The zero-order valence-electron chi connectivity index (χ0n) is 13.2. The van der Waals surface area contributed by atoms with Crippen molar-refractivity contribution in [3.63, 3.8) is 0 Å². The van der Waals surface area contributed by atoms with Gasteiger partial charge in [-0.3, -0.25) is 9.59 Å². The number of primary amides is 1. The Morgan fingerprint density at radius 3 is 2.54 bits per heavy atom. The number of amides is 2. The first-order valence-corrected chi connectivity index (χ1v) is 8.27. The third-order valence-corrected chi connectivity index (χ3v) is 5.32. The van der Waals surface area contributed by atoms with E-state index in [2.05, 4.69) is 10.3 Å². The molecule has 0 aliphatic heterocycles. The summed E-state index contributed by atoms with van der Waals surface area (Å²) in [5.41, 5.74) is 3.79. The second-order valence-electron chi connectivity index (χ2n) is 5.80. The first-order chi connectivity index (χ1) is 11.1. The number of aromatic nitrogens is 1. The number of nitrogens with two attached hydrogens (primary N) is 1. The predicted octanol–water partition coefficient (Wildman–Crippen LogP) is 2.28. The van der Waals surface area contributed by atoms with Crippen molar-refractivity contribution in [1.82, 2.24) is 10.3 Å². The molecule has 2 aromatic rings. The maximum absolute atomic E-state index is 12.6. The number of hydrogen-bond donors (Lipinski definition) is 3. The quantitative estimate of drug-likeness (QED) is 0.746. The summed E-state index contributed by atoms with van der Waals surface area (Å²) < 4.78 is 0.551. The van der Waals surface area contributed by atoms with Gasteiger partial charge in [-0.25, -0.2) is 9.78 Å². The van der Waals surface area contributed by atoms with Crippen LogP contribution in [0.4, 0.5) is 0 Å². The third-order valence-electron chi connectivity index (χ3n) is 3.99. The van der Waals surface area contributed by atoms with Gasteiger partial charge in [0.2, 0.25) is 5.91 Å². The Hall–Kier alpha value is -2.19. The van der Waals surface area contributed by atoms with Crippen LogP contribution in [0.5, 0.6) is 0 Å². The molecule has 128 valence electrons. The van der Waals surface area contributed by atoms with Crippen molar-refractivity contribution in [2.24, 2.45) is 11.7 Å². The minimum atomic E-state index is -1.35. The molecule has 9 heteroatoms. The minimum Gasteiger partial charge on any atom is -0.478 e. The van der Waals surface area contributed by atoms with Crippen LogP contribution in [-0.2, 0) is 4.79 Å². The molecule has 0 aromatic carbocycles. The molecule has 0 aliphatic rings. The molecule has 7 nitrogen and oxygen atoms in total. The van der Waals surface area contributed by atoms with Gasteiger partial charge in [-0.05, 0) is 18.9 Å². The lowest BCUT2D eigenvalue weighted by Crippen LogP contribution is -2.58. The number of carboxylic acid groups (broad SMARTS) is 1. The van der Waals surface area contributed by atoms with Crippen LogP contribution in [0.2, 0.25) is 5.02 Å². The number of nitrogens with one attached hydrogen (secondary N) is 1. The maximum atomic E-state index is 12.6. The average Bonchev–Trinajstić information content (AvgIpc) is 2.86. The fourth-order valence-corrected chi connectivity index (χ4v) is 3.18. The summed E-state index contributed by atoms with van der Waals surface area (Å²) in [4.78, 5) is 39.9. The molecular weight excluding hydrogens is 354 g/mol. The molecule has 1 unspecified atom stereocenters. The highest BCUT2D eigenvalue weighted by Gasteiger charge is 2.37. The molecule has 1 atom stereocenters. The summed E-state index contributed by atoms with van der Waals surface area (Å²) in [7, 11) is 0. The van der Waals surface area contributed by atoms with Crippen LogP contribution in [0, 0.1) is 5.92 Å². The average molecular weight is 370 g/mol. The van der Waals surface area contributed by atoms with Gasteiger partial charge in [0.1, 0.15) is 16.7 Å². The van der Waals surface area contributed by atoms with E-state index in [1.165, 1.54) is 24.3 Å². The van der Waals surface area contributed by atoms with Gasteiger partial charge in [0, 0.05) is 5.38 Å². The van der Waals surface area contributed by atoms with Crippen molar-refractivity contribution in [2.45, 2.75) is 26.3 Å². The Bertz CT molecular complexity index is 849. The summed E-state index contributed by atoms with van der Waals surface area (Å²) in [6.07, 6.45) is 0. The first-order valence-electron chi connectivity index (χ1n) is 7.01. The molecule has 0 aliphatic carbocycles. The topological polar surface area (TPSA) is 122 Å². The lowest BCUT2D eigenvalue weighted by atomic mass is 9.87. The number of carbonyl (C=O) groups is 3. The van der Waals surface area contributed by atoms with Crippen LogP contribution in [-0.4, -0.2) is 33.4 Å². The Labute approximate surface area is 146 Å². The zero-order valence-corrected chi connectivity index (χ0v) is 14.8. The molecule has 0 saturated carbocycles. The fraction of sp³-hybridized carbons (Fsp3) is 0.333. The molecule has 0 bridgehead atoms. The molecule has 2 rings (SSSR count). The fourth-order valence-electron chi connectivity index (χ4n) is 2.05. The van der Waals surface area contributed by atoms with Crippen molar-refractivity contribution in [3.05, 3.63) is 27.7 Å². The Morgan fingerprint density at radius 1 is 1.42 bits per heavy atom. The van der Waals surface area contributed by atoms with E-state index < -0.39 is 23.3 Å². The van der Waals surface area contributed by atoms with E-state index in [1.807, 2.05) is 0 Å². The normalized spacial score (nSPS) is 13.7. The molecule has 24 heavy (non-hydrogen) atoms. The van der Waals surface area contributed by atoms with E-state index >= 15 is 0 Å². The van der Waals surface area contributed by atoms with Gasteiger partial charge in [-0.15, -0.1) is 11.3 Å². The number of halogens is 1. The number of fused-ring (bicyclic) bond motifs is 1. The monoisotopic (exact) mass is 369 g/mol. The summed E-state index contributed by atoms with van der Waals surface area (Å²) in [6, 6.07) is 1.34. The molecule has 0 saturated heterocycles. The van der Waals surface area contributed by atoms with E-state index in [0.717, 1.165) is 0 Å². The molecule has 0 radical (unpaired) electrons. The van der Waals surface area contributed by atoms with Crippen LogP contribution in [0.25, 0.3) is 10.2 Å². The lowest BCUT2D eigenvalue weighted by molar-refractivity contribution is -0.125. The van der Waals surface area contributed by atoms with Crippen LogP contribution in [0.1, 0.15) is 41.6 Å². The highest BCUT2D eigenvalue weighted by Crippen LogP contribution is 2.30. The lowest BCUT2D eigenvalue weighted by Gasteiger charge is -2.31. The molecule has 2 aromatic heterocycles. The standard InChI is InChI=1S/C15H16ClN3O4S/c1-6(2)15(3,14(17)23)19-12(20)10-7(13(21)22)4-9-11(18-10)8(16)5-24-9/h4-6H,1-3H3,(H2,17,23)(H,19,20)(H,21,22). The maximum Gasteiger partial charge on any atom is 0.338 e. The highest BCUT2D eigenvalue weighted by molar-refractivity contribution is 7.17. The summed E-state index contributed by atoms with van der Waals surface area (Å²) in [5, 5.41) is 13.8. The number of nitrogens with zero attached hydrogens (tertiary/aromatic N) is 1. The number of carbonyl (C=O) groups excluding carboxylic acids is 2. The summed E-state index contributed by atoms with van der Waals surface area (Å²) in [6.45, 7) is 4.92. The van der Waals surface area contributed by atoms with Gasteiger partial charge < -0.3 is 16.2 Å². The second kappa shape index (κ2) is 6.37. The number of thiophene rings is 1. The van der Waals surface area contributed by atoms with Crippen LogP contribution in [0.3, 0.4) is 0 Å². The number of aromatic carboxylic acids is 1. The Kier molecular flexibility index (Phi) is 4.82. The second-order valence-corrected chi connectivity index (χ2v) is 7.11. The molecule has 4 N–H and O–H groups in total. The molecular formula is C15H16ClN3O4S. The van der Waals surface area contributed by atoms with E-state index in [0.29, 0.717) is 15.2 Å². The SMILES string of the molecule is CC(C)C(C)(NC(=O)c1nc2c(Cl)csc2cc1C(=O)O)C(N)=O. The van der Waals surface area contributed by atoms with Crippen molar-refractivity contribution >= 4 is 50.9 Å². The predicted molar refractivity (Wildman–Crippen MR) is 91.5 cm³/mol. The van der Waals surface area contributed by atoms with Gasteiger partial charge in [0.25, 0.3) is 5.91 Å². The van der Waals surface area contributed by atoms with Crippen LogP contribution in [0.15, 0.2) is 11.4 Å².